The fourth-order valence-corrected chi connectivity index (χ4v) is 5.27. The Morgan fingerprint density at radius 3 is 2.62 bits per heavy atom. The smallest absolute Gasteiger partial charge is 0.162 e. The van der Waals surface area contributed by atoms with Gasteiger partial charge in [-0.3, -0.25) is 9.69 Å². The number of anilines is 1. The Kier molecular flexibility index (Phi) is 4.98. The highest BCUT2D eigenvalue weighted by atomic mass is 16.5. The Balaban J connectivity index is 1.87. The molecule has 2 heterocycles. The van der Waals surface area contributed by atoms with Gasteiger partial charge in [0.1, 0.15) is 17.3 Å². The number of methoxy groups -OCH3 is 2. The van der Waals surface area contributed by atoms with Crippen LogP contribution in [0.3, 0.4) is 0 Å². The minimum absolute atomic E-state index is 0.0212. The standard InChI is InChI=1S/C27H26N4O3/c1-27(2)12-20-24(21(32)13-27)23(17-11-15(33-3)9-10-22(17)34-4)18(14-28)26-30-25(29)16-7-5-6-8-19(16)31(20)26/h5-11,23H,12-13H2,1-4H3,(H2,29,30). The summed E-state index contributed by atoms with van der Waals surface area (Å²) in [6.45, 7) is 4.18. The van der Waals surface area contributed by atoms with Crippen LogP contribution in [0, 0.1) is 16.7 Å². The van der Waals surface area contributed by atoms with E-state index in [1.165, 1.54) is 0 Å². The van der Waals surface area contributed by atoms with Crippen LogP contribution in [0.4, 0.5) is 5.69 Å². The van der Waals surface area contributed by atoms with Crippen LogP contribution in [0.1, 0.15) is 43.7 Å². The number of benzene rings is 2. The second kappa shape index (κ2) is 7.77. The molecule has 34 heavy (non-hydrogen) atoms. The Hall–Kier alpha value is -4.05. The van der Waals surface area contributed by atoms with E-state index in [4.69, 9.17) is 20.2 Å². The first-order valence-electron chi connectivity index (χ1n) is 11.2. The minimum atomic E-state index is -0.637. The average Bonchev–Trinajstić information content (AvgIpc) is 2.82. The molecule has 7 nitrogen and oxygen atoms in total. The molecule has 172 valence electrons. The molecule has 5 rings (SSSR count). The molecule has 2 aromatic rings. The third kappa shape index (κ3) is 3.18. The number of aliphatic imine (C=N–C) groups is 1. The Bertz CT molecular complexity index is 1360. The molecule has 0 spiro atoms. The fourth-order valence-electron chi connectivity index (χ4n) is 5.27. The molecule has 2 N–H and O–H groups in total. The number of amidine groups is 1. The fraction of sp³-hybridized carbons (Fsp3) is 0.296. The van der Waals surface area contributed by atoms with Crippen LogP contribution in [0.15, 0.2) is 70.1 Å². The first-order valence-corrected chi connectivity index (χ1v) is 11.2. The number of carbonyl (C=O) groups excluding carboxylic acids is 1. The summed E-state index contributed by atoms with van der Waals surface area (Å²) in [7, 11) is 3.16. The number of rotatable bonds is 3. The van der Waals surface area contributed by atoms with Crippen molar-refractivity contribution < 1.29 is 14.3 Å². The summed E-state index contributed by atoms with van der Waals surface area (Å²) in [6.07, 6.45) is 1.05. The summed E-state index contributed by atoms with van der Waals surface area (Å²) in [6, 6.07) is 15.5. The van der Waals surface area contributed by atoms with Crippen molar-refractivity contribution in [2.24, 2.45) is 16.1 Å². The summed E-state index contributed by atoms with van der Waals surface area (Å²) in [5.74, 6) is 1.37. The summed E-state index contributed by atoms with van der Waals surface area (Å²) in [4.78, 5) is 20.4. The van der Waals surface area contributed by atoms with E-state index in [2.05, 4.69) is 19.9 Å². The molecule has 0 radical (unpaired) electrons. The SMILES string of the molecule is COc1ccc(OC)c(C2C(C#N)=C3N=C(N)c4ccccc4N3C3=C2C(=O)CC(C)(C)C3)c1. The van der Waals surface area contributed by atoms with Gasteiger partial charge in [-0.2, -0.15) is 5.26 Å². The molecule has 1 atom stereocenters. The number of Topliss-reactive ketones (excluding diaryl/α,β-unsaturated/α-hetero) is 1. The maximum Gasteiger partial charge on any atom is 0.162 e. The van der Waals surface area contributed by atoms with Crippen LogP contribution in [-0.4, -0.2) is 25.8 Å². The number of fused-ring (bicyclic) bond motifs is 4. The van der Waals surface area contributed by atoms with Gasteiger partial charge < -0.3 is 15.2 Å². The van der Waals surface area contributed by atoms with Crippen molar-refractivity contribution in [2.75, 3.05) is 19.1 Å². The van der Waals surface area contributed by atoms with Crippen molar-refractivity contribution in [1.29, 1.82) is 5.26 Å². The molecule has 1 aliphatic carbocycles. The number of nitrogens with zero attached hydrogens (tertiary/aromatic N) is 3. The van der Waals surface area contributed by atoms with Crippen molar-refractivity contribution in [2.45, 2.75) is 32.6 Å². The highest BCUT2D eigenvalue weighted by Gasteiger charge is 2.47. The maximum atomic E-state index is 13.7. The first kappa shape index (κ1) is 21.8. The van der Waals surface area contributed by atoms with Crippen molar-refractivity contribution in [3.05, 3.63) is 76.3 Å². The molecule has 0 saturated carbocycles. The van der Waals surface area contributed by atoms with Gasteiger partial charge in [0.2, 0.25) is 0 Å². The van der Waals surface area contributed by atoms with Crippen LogP contribution >= 0.6 is 0 Å². The Morgan fingerprint density at radius 2 is 1.91 bits per heavy atom. The normalized spacial score (nSPS) is 20.7. The zero-order chi connectivity index (χ0) is 24.2. The maximum absolute atomic E-state index is 13.7. The van der Waals surface area contributed by atoms with Crippen LogP contribution in [-0.2, 0) is 4.79 Å². The van der Waals surface area contributed by atoms with Gasteiger partial charge in [0.15, 0.2) is 11.6 Å². The minimum Gasteiger partial charge on any atom is -0.497 e. The molecule has 1 unspecified atom stereocenters. The van der Waals surface area contributed by atoms with Gasteiger partial charge >= 0.3 is 0 Å². The molecular weight excluding hydrogens is 428 g/mol. The van der Waals surface area contributed by atoms with Crippen LogP contribution in [0.5, 0.6) is 11.5 Å². The van der Waals surface area contributed by atoms with Crippen LogP contribution in [0.25, 0.3) is 0 Å². The number of ether oxygens (including phenoxy) is 2. The topological polar surface area (TPSA) is 101 Å². The number of allylic oxidation sites excluding steroid dienone is 3. The summed E-state index contributed by atoms with van der Waals surface area (Å²) < 4.78 is 11.1. The van der Waals surface area contributed by atoms with Gasteiger partial charge in [-0.25, -0.2) is 4.99 Å². The van der Waals surface area contributed by atoms with Crippen molar-refractivity contribution in [3.63, 3.8) is 0 Å². The van der Waals surface area contributed by atoms with Gasteiger partial charge in [0, 0.05) is 28.8 Å². The van der Waals surface area contributed by atoms with E-state index in [0.717, 1.165) is 16.9 Å². The van der Waals surface area contributed by atoms with Crippen LogP contribution < -0.4 is 20.1 Å². The van der Waals surface area contributed by atoms with Crippen molar-refractivity contribution in [1.82, 2.24) is 0 Å². The lowest BCUT2D eigenvalue weighted by atomic mass is 9.68. The lowest BCUT2D eigenvalue weighted by molar-refractivity contribution is -0.118. The van der Waals surface area contributed by atoms with E-state index in [-0.39, 0.29) is 11.2 Å². The summed E-state index contributed by atoms with van der Waals surface area (Å²) in [5.41, 5.74) is 10.2. The van der Waals surface area contributed by atoms with E-state index in [1.54, 1.807) is 26.4 Å². The van der Waals surface area contributed by atoms with E-state index in [9.17, 15) is 10.1 Å². The number of ketones is 1. The quantitative estimate of drug-likeness (QED) is 0.737. The number of nitrogens with two attached hydrogens (primary N) is 1. The monoisotopic (exact) mass is 454 g/mol. The molecule has 7 heteroatoms. The van der Waals surface area contributed by atoms with Gasteiger partial charge in [-0.05, 0) is 42.2 Å². The Labute approximate surface area is 198 Å². The molecule has 3 aliphatic rings. The molecule has 2 aliphatic heterocycles. The lowest BCUT2D eigenvalue weighted by Crippen LogP contribution is -2.42. The molecule has 0 bridgehead atoms. The first-order chi connectivity index (χ1) is 16.3. The average molecular weight is 455 g/mol. The predicted octanol–water partition coefficient (Wildman–Crippen LogP) is 4.40. The summed E-state index contributed by atoms with van der Waals surface area (Å²) >= 11 is 0. The van der Waals surface area contributed by atoms with Crippen LogP contribution in [0.2, 0.25) is 0 Å². The molecule has 0 aromatic heterocycles. The van der Waals surface area contributed by atoms with Crippen molar-refractivity contribution >= 4 is 17.3 Å². The largest absolute Gasteiger partial charge is 0.497 e. The van der Waals surface area contributed by atoms with Gasteiger partial charge in [-0.1, -0.05) is 26.0 Å². The van der Waals surface area contributed by atoms with E-state index in [0.29, 0.717) is 52.7 Å². The number of hydrogen-bond acceptors (Lipinski definition) is 7. The molecule has 0 fully saturated rings. The number of hydrogen-bond donors (Lipinski definition) is 1. The van der Waals surface area contributed by atoms with E-state index >= 15 is 0 Å². The van der Waals surface area contributed by atoms with Gasteiger partial charge in [0.25, 0.3) is 0 Å². The summed E-state index contributed by atoms with van der Waals surface area (Å²) in [5, 5.41) is 10.4. The van der Waals surface area contributed by atoms with Gasteiger partial charge in [-0.15, -0.1) is 0 Å². The molecular formula is C27H26N4O3. The molecule has 0 amide bonds. The lowest BCUT2D eigenvalue weighted by Gasteiger charge is -2.45. The Morgan fingerprint density at radius 1 is 1.15 bits per heavy atom. The number of para-hydroxylation sites is 1. The van der Waals surface area contributed by atoms with Gasteiger partial charge in [0.05, 0.1) is 37.5 Å². The molecule has 0 saturated heterocycles. The zero-order valence-corrected chi connectivity index (χ0v) is 19.7. The van der Waals surface area contributed by atoms with E-state index in [1.807, 2.05) is 35.2 Å². The zero-order valence-electron chi connectivity index (χ0n) is 19.7. The molecule has 2 aromatic carbocycles. The second-order valence-electron chi connectivity index (χ2n) is 9.54. The predicted molar refractivity (Wildman–Crippen MR) is 130 cm³/mol. The van der Waals surface area contributed by atoms with Crippen molar-refractivity contribution in [3.8, 4) is 17.6 Å². The number of carbonyl (C=O) groups is 1. The third-order valence-corrected chi connectivity index (χ3v) is 6.71. The second-order valence-corrected chi connectivity index (χ2v) is 9.54. The highest BCUT2D eigenvalue weighted by Crippen LogP contribution is 2.54. The van der Waals surface area contributed by atoms with E-state index < -0.39 is 5.92 Å². The third-order valence-electron chi connectivity index (χ3n) is 6.71. The number of nitriles is 1. The highest BCUT2D eigenvalue weighted by molar-refractivity contribution is 6.08.